The van der Waals surface area contributed by atoms with E-state index in [0.29, 0.717) is 6.04 Å². The molecule has 2 aromatic heterocycles. The first-order valence-corrected chi connectivity index (χ1v) is 8.93. The standard InChI is InChI=1S/C16H18N6S/c1-11-15(18-14-9-5-4-8-13(14)17-11)10-23-16-19-20-21-22(16)12-6-2-3-7-12/h4-5,8-9,12H,2-3,6-7,10H2,1H3. The molecular weight excluding hydrogens is 308 g/mol. The molecular formula is C16H18N6S. The van der Waals surface area contributed by atoms with Gasteiger partial charge in [-0.15, -0.1) is 5.10 Å². The molecule has 0 aliphatic heterocycles. The van der Waals surface area contributed by atoms with E-state index in [1.807, 2.05) is 35.9 Å². The first-order chi connectivity index (χ1) is 11.3. The van der Waals surface area contributed by atoms with E-state index in [1.165, 1.54) is 25.7 Å². The first kappa shape index (κ1) is 14.6. The van der Waals surface area contributed by atoms with Crippen LogP contribution in [-0.4, -0.2) is 30.2 Å². The molecule has 6 nitrogen and oxygen atoms in total. The monoisotopic (exact) mass is 326 g/mol. The number of benzene rings is 1. The predicted molar refractivity (Wildman–Crippen MR) is 89.2 cm³/mol. The fraction of sp³-hybridized carbons (Fsp3) is 0.438. The van der Waals surface area contributed by atoms with Gasteiger partial charge in [-0.3, -0.25) is 0 Å². The van der Waals surface area contributed by atoms with Crippen molar-refractivity contribution in [2.45, 2.75) is 49.6 Å². The quantitative estimate of drug-likeness (QED) is 0.685. The Kier molecular flexibility index (Phi) is 3.95. The van der Waals surface area contributed by atoms with Gasteiger partial charge in [0, 0.05) is 5.75 Å². The molecule has 3 aromatic rings. The summed E-state index contributed by atoms with van der Waals surface area (Å²) in [6.45, 7) is 2.01. The molecule has 0 spiro atoms. The Labute approximate surface area is 138 Å². The summed E-state index contributed by atoms with van der Waals surface area (Å²) in [4.78, 5) is 9.38. The predicted octanol–water partition coefficient (Wildman–Crippen LogP) is 3.33. The van der Waals surface area contributed by atoms with Gasteiger partial charge in [-0.2, -0.15) is 0 Å². The molecule has 0 amide bonds. The average Bonchev–Trinajstić information content (AvgIpc) is 3.23. The molecule has 2 heterocycles. The molecule has 118 valence electrons. The van der Waals surface area contributed by atoms with Gasteiger partial charge in [-0.05, 0) is 42.3 Å². The van der Waals surface area contributed by atoms with Crippen LogP contribution in [0.2, 0.25) is 0 Å². The Morgan fingerprint density at radius 1 is 1.13 bits per heavy atom. The smallest absolute Gasteiger partial charge is 0.209 e. The summed E-state index contributed by atoms with van der Waals surface area (Å²) in [5.41, 5.74) is 3.84. The summed E-state index contributed by atoms with van der Waals surface area (Å²) < 4.78 is 1.99. The molecule has 0 unspecified atom stereocenters. The number of nitrogens with zero attached hydrogens (tertiary/aromatic N) is 6. The summed E-state index contributed by atoms with van der Waals surface area (Å²) in [5.74, 6) is 0.733. The van der Waals surface area contributed by atoms with Gasteiger partial charge in [0.2, 0.25) is 5.16 Å². The summed E-state index contributed by atoms with van der Waals surface area (Å²) in [6, 6.07) is 8.42. The number of para-hydroxylation sites is 2. The normalized spacial score (nSPS) is 15.5. The minimum atomic E-state index is 0.455. The highest BCUT2D eigenvalue weighted by molar-refractivity contribution is 7.98. The first-order valence-electron chi connectivity index (χ1n) is 7.94. The maximum absolute atomic E-state index is 4.74. The van der Waals surface area contributed by atoms with Crippen molar-refractivity contribution >= 4 is 22.8 Å². The number of aryl methyl sites for hydroxylation is 1. The van der Waals surface area contributed by atoms with Gasteiger partial charge >= 0.3 is 0 Å². The van der Waals surface area contributed by atoms with Crippen molar-refractivity contribution < 1.29 is 0 Å². The lowest BCUT2D eigenvalue weighted by atomic mass is 10.2. The van der Waals surface area contributed by atoms with Crippen LogP contribution < -0.4 is 0 Å². The van der Waals surface area contributed by atoms with Crippen LogP contribution in [0.3, 0.4) is 0 Å². The summed E-state index contributed by atoms with van der Waals surface area (Å²) in [7, 11) is 0. The van der Waals surface area contributed by atoms with Crippen molar-refractivity contribution in [2.24, 2.45) is 0 Å². The molecule has 0 N–H and O–H groups in total. The van der Waals surface area contributed by atoms with Crippen molar-refractivity contribution in [1.29, 1.82) is 0 Å². The van der Waals surface area contributed by atoms with E-state index in [4.69, 9.17) is 4.98 Å². The van der Waals surface area contributed by atoms with Crippen molar-refractivity contribution in [2.75, 3.05) is 0 Å². The zero-order valence-electron chi connectivity index (χ0n) is 13.0. The third kappa shape index (κ3) is 2.93. The van der Waals surface area contributed by atoms with Crippen LogP contribution in [0.25, 0.3) is 11.0 Å². The minimum absolute atomic E-state index is 0.455. The van der Waals surface area contributed by atoms with Crippen LogP contribution in [0, 0.1) is 6.92 Å². The van der Waals surface area contributed by atoms with E-state index in [2.05, 4.69) is 20.5 Å². The zero-order valence-corrected chi connectivity index (χ0v) is 13.8. The fourth-order valence-corrected chi connectivity index (χ4v) is 4.00. The van der Waals surface area contributed by atoms with E-state index < -0.39 is 0 Å². The van der Waals surface area contributed by atoms with Crippen molar-refractivity contribution in [3.8, 4) is 0 Å². The second kappa shape index (κ2) is 6.23. The number of rotatable bonds is 4. The zero-order chi connectivity index (χ0) is 15.6. The molecule has 0 atom stereocenters. The van der Waals surface area contributed by atoms with Crippen molar-refractivity contribution in [3.63, 3.8) is 0 Å². The second-order valence-corrected chi connectivity index (χ2v) is 6.82. The molecule has 0 bridgehead atoms. The van der Waals surface area contributed by atoms with E-state index in [9.17, 15) is 0 Å². The molecule has 1 saturated carbocycles. The average molecular weight is 326 g/mol. The Balaban J connectivity index is 1.55. The van der Waals surface area contributed by atoms with Crippen LogP contribution in [-0.2, 0) is 5.75 Å². The molecule has 0 radical (unpaired) electrons. The largest absolute Gasteiger partial charge is 0.250 e. The van der Waals surface area contributed by atoms with Gasteiger partial charge < -0.3 is 0 Å². The third-order valence-electron chi connectivity index (χ3n) is 4.31. The topological polar surface area (TPSA) is 69.4 Å². The lowest BCUT2D eigenvalue weighted by molar-refractivity contribution is 0.423. The molecule has 0 saturated heterocycles. The van der Waals surface area contributed by atoms with Gasteiger partial charge in [-0.25, -0.2) is 14.6 Å². The van der Waals surface area contributed by atoms with Crippen LogP contribution in [0.4, 0.5) is 0 Å². The summed E-state index contributed by atoms with van der Waals surface area (Å²) in [5, 5.41) is 13.1. The van der Waals surface area contributed by atoms with Gasteiger partial charge in [-0.1, -0.05) is 36.7 Å². The lowest BCUT2D eigenvalue weighted by Gasteiger charge is -2.11. The van der Waals surface area contributed by atoms with Crippen LogP contribution in [0.5, 0.6) is 0 Å². The van der Waals surface area contributed by atoms with Crippen molar-refractivity contribution in [3.05, 3.63) is 35.7 Å². The van der Waals surface area contributed by atoms with E-state index in [-0.39, 0.29) is 0 Å². The third-order valence-corrected chi connectivity index (χ3v) is 5.26. The van der Waals surface area contributed by atoms with E-state index in [1.54, 1.807) is 11.8 Å². The molecule has 23 heavy (non-hydrogen) atoms. The van der Waals surface area contributed by atoms with Crippen LogP contribution in [0.1, 0.15) is 43.1 Å². The van der Waals surface area contributed by atoms with E-state index in [0.717, 1.165) is 33.3 Å². The molecule has 1 aliphatic carbocycles. The number of tetrazole rings is 1. The molecule has 1 aromatic carbocycles. The molecule has 7 heteroatoms. The van der Waals surface area contributed by atoms with Gasteiger partial charge in [0.25, 0.3) is 0 Å². The van der Waals surface area contributed by atoms with Crippen LogP contribution >= 0.6 is 11.8 Å². The number of aromatic nitrogens is 6. The Morgan fingerprint density at radius 3 is 2.65 bits per heavy atom. The molecule has 1 aliphatic rings. The number of thioether (sulfide) groups is 1. The molecule has 1 fully saturated rings. The number of fused-ring (bicyclic) bond motifs is 1. The second-order valence-electron chi connectivity index (χ2n) is 5.88. The maximum Gasteiger partial charge on any atom is 0.209 e. The van der Waals surface area contributed by atoms with Crippen LogP contribution in [0.15, 0.2) is 29.4 Å². The van der Waals surface area contributed by atoms with Gasteiger partial charge in [0.15, 0.2) is 0 Å². The van der Waals surface area contributed by atoms with Crippen molar-refractivity contribution in [1.82, 2.24) is 30.2 Å². The summed E-state index contributed by atoms with van der Waals surface area (Å²) >= 11 is 1.64. The fourth-order valence-electron chi connectivity index (χ4n) is 3.05. The Bertz CT molecular complexity index is 824. The summed E-state index contributed by atoms with van der Waals surface area (Å²) in [6.07, 6.45) is 4.88. The SMILES string of the molecule is Cc1nc2ccccc2nc1CSc1nnnn1C1CCCC1. The highest BCUT2D eigenvalue weighted by Crippen LogP contribution is 2.32. The Hall–Kier alpha value is -2.02. The number of hydrogen-bond acceptors (Lipinski definition) is 6. The van der Waals surface area contributed by atoms with E-state index >= 15 is 0 Å². The number of hydrogen-bond donors (Lipinski definition) is 0. The highest BCUT2D eigenvalue weighted by Gasteiger charge is 2.21. The molecule has 4 rings (SSSR count). The van der Waals surface area contributed by atoms with Gasteiger partial charge in [0.1, 0.15) is 0 Å². The van der Waals surface area contributed by atoms with Gasteiger partial charge in [0.05, 0.1) is 28.5 Å². The lowest BCUT2D eigenvalue weighted by Crippen LogP contribution is -2.08. The Morgan fingerprint density at radius 2 is 1.87 bits per heavy atom. The maximum atomic E-state index is 4.74. The highest BCUT2D eigenvalue weighted by atomic mass is 32.2. The minimum Gasteiger partial charge on any atom is -0.250 e.